The van der Waals surface area contributed by atoms with Crippen LogP contribution >= 0.6 is 0 Å². The van der Waals surface area contributed by atoms with Crippen LogP contribution in [0, 0.1) is 0 Å². The molecule has 154 valence electrons. The van der Waals surface area contributed by atoms with Gasteiger partial charge in [-0.05, 0) is 20.2 Å². The predicted molar refractivity (Wildman–Crippen MR) is 105 cm³/mol. The van der Waals surface area contributed by atoms with E-state index in [-0.39, 0.29) is 31.4 Å². The molecule has 0 saturated heterocycles. The minimum atomic E-state index is -0.594. The van der Waals surface area contributed by atoms with Crippen molar-refractivity contribution in [1.82, 2.24) is 15.5 Å². The second kappa shape index (κ2) is 10.8. The molecule has 0 unspecified atom stereocenters. The lowest BCUT2D eigenvalue weighted by Gasteiger charge is -2.32. The molecule has 1 aliphatic rings. The summed E-state index contributed by atoms with van der Waals surface area (Å²) in [6.45, 7) is 0.347. The van der Waals surface area contributed by atoms with Crippen molar-refractivity contribution < 1.29 is 24.2 Å². The van der Waals surface area contributed by atoms with Crippen LogP contribution in [0.5, 0.6) is 5.75 Å². The van der Waals surface area contributed by atoms with Crippen LogP contribution in [0.25, 0.3) is 0 Å². The normalized spacial score (nSPS) is 21.4. The third kappa shape index (κ3) is 6.63. The summed E-state index contributed by atoms with van der Waals surface area (Å²) in [5, 5.41) is 15.2. The number of aliphatic hydroxyl groups excluding tert-OH is 1. The van der Waals surface area contributed by atoms with Gasteiger partial charge < -0.3 is 30.1 Å². The number of likely N-dealkylation sites (N-methyl/N-ethyl adjacent to an activating group) is 1. The molecule has 3 atom stereocenters. The third-order valence-electron chi connectivity index (χ3n) is 4.31. The van der Waals surface area contributed by atoms with Gasteiger partial charge in [0, 0.05) is 12.1 Å². The maximum absolute atomic E-state index is 12.3. The zero-order chi connectivity index (χ0) is 20.5. The maximum Gasteiger partial charge on any atom is 0.234 e. The van der Waals surface area contributed by atoms with Gasteiger partial charge in [-0.25, -0.2) is 0 Å². The van der Waals surface area contributed by atoms with E-state index in [0.29, 0.717) is 12.3 Å². The first-order valence-corrected chi connectivity index (χ1v) is 9.20. The molecule has 2 rings (SSSR count). The number of rotatable bonds is 9. The third-order valence-corrected chi connectivity index (χ3v) is 4.31. The van der Waals surface area contributed by atoms with E-state index in [4.69, 9.17) is 9.47 Å². The lowest BCUT2D eigenvalue weighted by atomic mass is 10.0. The van der Waals surface area contributed by atoms with Gasteiger partial charge in [0.25, 0.3) is 0 Å². The zero-order valence-corrected chi connectivity index (χ0v) is 16.6. The summed E-state index contributed by atoms with van der Waals surface area (Å²) in [4.78, 5) is 25.9. The standard InChI is InChI=1S/C20H29N3O5/c1-23(2)12-20(26)22-16-9-8-15(28-18(16)13-24)10-19(25)21-11-14-6-4-5-7-17(14)27-3/h4-9,15-16,18,24H,10-13H2,1-3H3,(H,21,25)(H,22,26)/t15-,16-,18-/m1/s1. The van der Waals surface area contributed by atoms with Crippen LogP contribution in [0.15, 0.2) is 36.4 Å². The average Bonchev–Trinajstić information content (AvgIpc) is 2.67. The van der Waals surface area contributed by atoms with Crippen molar-refractivity contribution in [2.24, 2.45) is 0 Å². The molecule has 2 amide bonds. The van der Waals surface area contributed by atoms with E-state index >= 15 is 0 Å². The highest BCUT2D eigenvalue weighted by molar-refractivity contribution is 5.79. The van der Waals surface area contributed by atoms with E-state index in [9.17, 15) is 14.7 Å². The van der Waals surface area contributed by atoms with Crippen molar-refractivity contribution in [2.45, 2.75) is 31.2 Å². The van der Waals surface area contributed by atoms with Crippen LogP contribution in [0.4, 0.5) is 0 Å². The van der Waals surface area contributed by atoms with Crippen molar-refractivity contribution in [2.75, 3.05) is 34.4 Å². The molecule has 0 aromatic heterocycles. The SMILES string of the molecule is COc1ccccc1CNC(=O)C[C@H]1C=C[C@@H](NC(=O)CN(C)C)[C@@H](CO)O1. The zero-order valence-electron chi connectivity index (χ0n) is 16.6. The second-order valence-electron chi connectivity index (χ2n) is 6.90. The number of aliphatic hydroxyl groups is 1. The maximum atomic E-state index is 12.3. The summed E-state index contributed by atoms with van der Waals surface area (Å²) in [6, 6.07) is 7.05. The fourth-order valence-electron chi connectivity index (χ4n) is 2.95. The van der Waals surface area contributed by atoms with Gasteiger partial charge in [-0.2, -0.15) is 0 Å². The van der Waals surface area contributed by atoms with Gasteiger partial charge in [-0.3, -0.25) is 9.59 Å². The van der Waals surface area contributed by atoms with Crippen molar-refractivity contribution in [3.8, 4) is 5.75 Å². The Morgan fingerprint density at radius 1 is 1.21 bits per heavy atom. The summed E-state index contributed by atoms with van der Waals surface area (Å²) in [7, 11) is 5.19. The van der Waals surface area contributed by atoms with Gasteiger partial charge in [-0.1, -0.05) is 30.4 Å². The molecule has 0 radical (unpaired) electrons. The average molecular weight is 391 g/mol. The number of nitrogens with zero attached hydrogens (tertiary/aromatic N) is 1. The molecule has 8 heteroatoms. The Bertz CT molecular complexity index is 692. The Morgan fingerprint density at radius 3 is 2.64 bits per heavy atom. The Kier molecular flexibility index (Phi) is 8.43. The number of ether oxygens (including phenoxy) is 2. The molecule has 1 aromatic carbocycles. The number of para-hydroxylation sites is 1. The summed E-state index contributed by atoms with van der Waals surface area (Å²) < 4.78 is 11.0. The molecule has 28 heavy (non-hydrogen) atoms. The van der Waals surface area contributed by atoms with Crippen molar-refractivity contribution in [3.63, 3.8) is 0 Å². The first kappa shape index (κ1) is 21.9. The Labute approximate surface area is 165 Å². The molecule has 0 spiro atoms. The molecule has 0 aliphatic carbocycles. The lowest BCUT2D eigenvalue weighted by Crippen LogP contribution is -2.50. The smallest absolute Gasteiger partial charge is 0.234 e. The van der Waals surface area contributed by atoms with Crippen molar-refractivity contribution in [3.05, 3.63) is 42.0 Å². The van der Waals surface area contributed by atoms with E-state index in [2.05, 4.69) is 10.6 Å². The van der Waals surface area contributed by atoms with Gasteiger partial charge in [0.05, 0.1) is 38.8 Å². The number of carbonyl (C=O) groups excluding carboxylic acids is 2. The van der Waals surface area contributed by atoms with Gasteiger partial charge in [-0.15, -0.1) is 0 Å². The van der Waals surface area contributed by atoms with Crippen molar-refractivity contribution >= 4 is 11.8 Å². The quantitative estimate of drug-likeness (QED) is 0.515. The number of carbonyl (C=O) groups is 2. The minimum Gasteiger partial charge on any atom is -0.496 e. The summed E-state index contributed by atoms with van der Waals surface area (Å²) in [5.74, 6) is 0.385. The van der Waals surface area contributed by atoms with E-state index in [0.717, 1.165) is 5.56 Å². The fraction of sp³-hybridized carbons (Fsp3) is 0.500. The number of amides is 2. The molecular weight excluding hydrogens is 362 g/mol. The lowest BCUT2D eigenvalue weighted by molar-refractivity contribution is -0.128. The number of nitrogens with one attached hydrogen (secondary N) is 2. The number of hydrogen-bond donors (Lipinski definition) is 3. The molecule has 8 nitrogen and oxygen atoms in total. The number of benzene rings is 1. The van der Waals surface area contributed by atoms with E-state index in [1.165, 1.54) is 0 Å². The molecule has 3 N–H and O–H groups in total. The highest BCUT2D eigenvalue weighted by Crippen LogP contribution is 2.18. The second-order valence-corrected chi connectivity index (χ2v) is 6.90. The molecule has 0 saturated carbocycles. The highest BCUT2D eigenvalue weighted by atomic mass is 16.5. The monoisotopic (exact) mass is 391 g/mol. The summed E-state index contributed by atoms with van der Waals surface area (Å²) in [6.07, 6.45) is 2.59. The van der Waals surface area contributed by atoms with Crippen LogP contribution in [0.1, 0.15) is 12.0 Å². The number of hydrogen-bond acceptors (Lipinski definition) is 6. The Hall–Kier alpha value is -2.42. The van der Waals surface area contributed by atoms with Crippen LogP contribution in [-0.2, 0) is 20.9 Å². The van der Waals surface area contributed by atoms with Crippen LogP contribution < -0.4 is 15.4 Å². The van der Waals surface area contributed by atoms with E-state index in [1.54, 1.807) is 38.3 Å². The number of methoxy groups -OCH3 is 1. The van der Waals surface area contributed by atoms with Gasteiger partial charge >= 0.3 is 0 Å². The summed E-state index contributed by atoms with van der Waals surface area (Å²) in [5.41, 5.74) is 0.885. The molecule has 1 heterocycles. The topological polar surface area (TPSA) is 100 Å². The highest BCUT2D eigenvalue weighted by Gasteiger charge is 2.29. The van der Waals surface area contributed by atoms with Gasteiger partial charge in [0.15, 0.2) is 0 Å². The molecule has 0 bridgehead atoms. The molecule has 0 fully saturated rings. The first-order chi connectivity index (χ1) is 13.4. The van der Waals surface area contributed by atoms with Gasteiger partial charge in [0.2, 0.25) is 11.8 Å². The van der Waals surface area contributed by atoms with Crippen LogP contribution in [-0.4, -0.2) is 74.4 Å². The Balaban J connectivity index is 1.86. The van der Waals surface area contributed by atoms with E-state index < -0.39 is 18.2 Å². The first-order valence-electron chi connectivity index (χ1n) is 9.20. The van der Waals surface area contributed by atoms with Gasteiger partial charge in [0.1, 0.15) is 11.9 Å². The van der Waals surface area contributed by atoms with Crippen LogP contribution in [0.3, 0.4) is 0 Å². The van der Waals surface area contributed by atoms with Crippen LogP contribution in [0.2, 0.25) is 0 Å². The largest absolute Gasteiger partial charge is 0.496 e. The Morgan fingerprint density at radius 2 is 1.96 bits per heavy atom. The summed E-state index contributed by atoms with van der Waals surface area (Å²) >= 11 is 0. The molecular formula is C20H29N3O5. The molecule has 1 aliphatic heterocycles. The minimum absolute atomic E-state index is 0.126. The fourth-order valence-corrected chi connectivity index (χ4v) is 2.95. The molecule has 1 aromatic rings. The predicted octanol–water partition coefficient (Wildman–Crippen LogP) is 0.0638. The van der Waals surface area contributed by atoms with E-state index in [1.807, 2.05) is 24.3 Å². The van der Waals surface area contributed by atoms with Crippen molar-refractivity contribution in [1.29, 1.82) is 0 Å².